The Labute approximate surface area is 164 Å². The van der Waals surface area contributed by atoms with Crippen LogP contribution in [0.5, 0.6) is 0 Å². The second-order valence-electron chi connectivity index (χ2n) is 8.34. The Morgan fingerprint density at radius 3 is 2.22 bits per heavy atom. The highest BCUT2D eigenvalue weighted by atomic mass is 16.5. The number of carbonyl (C=O) groups is 3. The number of rotatable bonds is 12. The van der Waals surface area contributed by atoms with Gasteiger partial charge in [0.05, 0.1) is 6.61 Å². The first-order valence-electron chi connectivity index (χ1n) is 10.5. The van der Waals surface area contributed by atoms with Crippen LogP contribution >= 0.6 is 0 Å². The Bertz CT molecular complexity index is 469. The van der Waals surface area contributed by atoms with Crippen LogP contribution in [0.4, 0.5) is 0 Å². The van der Waals surface area contributed by atoms with Gasteiger partial charge in [-0.05, 0) is 38.0 Å². The molecule has 27 heavy (non-hydrogen) atoms. The summed E-state index contributed by atoms with van der Waals surface area (Å²) in [5, 5.41) is 5.92. The summed E-state index contributed by atoms with van der Waals surface area (Å²) in [7, 11) is 0. The van der Waals surface area contributed by atoms with Gasteiger partial charge in [0, 0.05) is 43.9 Å². The van der Waals surface area contributed by atoms with Gasteiger partial charge < -0.3 is 15.4 Å². The average molecular weight is 383 g/mol. The molecule has 0 saturated heterocycles. The van der Waals surface area contributed by atoms with E-state index in [0.29, 0.717) is 44.3 Å². The maximum atomic E-state index is 12.0. The fourth-order valence-corrected chi connectivity index (χ4v) is 3.41. The van der Waals surface area contributed by atoms with Gasteiger partial charge in [0.15, 0.2) is 0 Å². The van der Waals surface area contributed by atoms with Crippen molar-refractivity contribution in [2.45, 2.75) is 78.7 Å². The van der Waals surface area contributed by atoms with Crippen LogP contribution in [-0.2, 0) is 19.1 Å². The second kappa shape index (κ2) is 12.9. The lowest BCUT2D eigenvalue weighted by molar-refractivity contribution is -0.127. The first-order valence-corrected chi connectivity index (χ1v) is 10.5. The third-order valence-electron chi connectivity index (χ3n) is 4.92. The van der Waals surface area contributed by atoms with Crippen molar-refractivity contribution in [3.8, 4) is 0 Å². The topological polar surface area (TPSA) is 84.5 Å². The summed E-state index contributed by atoms with van der Waals surface area (Å²) in [6, 6.07) is 0.185. The molecular weight excluding hydrogens is 344 g/mol. The lowest BCUT2D eigenvalue weighted by atomic mass is 9.80. The highest BCUT2D eigenvalue weighted by Crippen LogP contribution is 2.27. The molecule has 0 aromatic rings. The van der Waals surface area contributed by atoms with Gasteiger partial charge in [-0.3, -0.25) is 14.4 Å². The van der Waals surface area contributed by atoms with Crippen LogP contribution < -0.4 is 10.6 Å². The molecule has 0 radical (unpaired) electrons. The van der Waals surface area contributed by atoms with Crippen molar-refractivity contribution in [3.63, 3.8) is 0 Å². The van der Waals surface area contributed by atoms with Crippen molar-refractivity contribution in [1.29, 1.82) is 0 Å². The highest BCUT2D eigenvalue weighted by Gasteiger charge is 2.28. The summed E-state index contributed by atoms with van der Waals surface area (Å²) < 4.78 is 5.47. The van der Waals surface area contributed by atoms with Crippen molar-refractivity contribution >= 4 is 17.6 Å². The normalized spacial score (nSPS) is 19.9. The number of ketones is 1. The summed E-state index contributed by atoms with van der Waals surface area (Å²) in [6.45, 7) is 9.49. The second-order valence-corrected chi connectivity index (χ2v) is 8.34. The molecule has 2 N–H and O–H groups in total. The quantitative estimate of drug-likeness (QED) is 0.508. The van der Waals surface area contributed by atoms with Crippen LogP contribution in [0.3, 0.4) is 0 Å². The van der Waals surface area contributed by atoms with Gasteiger partial charge in [-0.2, -0.15) is 0 Å². The highest BCUT2D eigenvalue weighted by molar-refractivity contribution is 5.83. The van der Waals surface area contributed by atoms with E-state index in [-0.39, 0.29) is 29.7 Å². The van der Waals surface area contributed by atoms with Crippen molar-refractivity contribution in [3.05, 3.63) is 0 Å². The van der Waals surface area contributed by atoms with Gasteiger partial charge in [0.2, 0.25) is 11.8 Å². The van der Waals surface area contributed by atoms with E-state index in [4.69, 9.17) is 4.74 Å². The molecule has 1 aliphatic rings. The standard InChI is InChI=1S/C21H38N2O4/c1-15(2)14-20(25)22-11-5-12-27-13-10-19(24)23-18-8-6-17(7-9-18)21(26)16(3)4/h15-18H,5-14H2,1-4H3,(H,22,25)(H,23,24). The minimum absolute atomic E-state index is 0.0128. The minimum atomic E-state index is 0.0128. The van der Waals surface area contributed by atoms with E-state index < -0.39 is 0 Å². The molecule has 1 saturated carbocycles. The number of ether oxygens (including phenoxy) is 1. The molecule has 1 fully saturated rings. The van der Waals surface area contributed by atoms with Gasteiger partial charge in [0.1, 0.15) is 5.78 Å². The van der Waals surface area contributed by atoms with Crippen molar-refractivity contribution < 1.29 is 19.1 Å². The number of carbonyl (C=O) groups excluding carboxylic acids is 3. The molecular formula is C21H38N2O4. The zero-order valence-corrected chi connectivity index (χ0v) is 17.5. The summed E-state index contributed by atoms with van der Waals surface area (Å²) >= 11 is 0. The number of hydrogen-bond acceptors (Lipinski definition) is 4. The van der Waals surface area contributed by atoms with E-state index in [1.807, 2.05) is 27.7 Å². The van der Waals surface area contributed by atoms with Crippen LogP contribution in [0, 0.1) is 17.8 Å². The zero-order valence-electron chi connectivity index (χ0n) is 17.5. The molecule has 0 bridgehead atoms. The van der Waals surface area contributed by atoms with E-state index in [0.717, 1.165) is 32.1 Å². The minimum Gasteiger partial charge on any atom is -0.381 e. The monoisotopic (exact) mass is 382 g/mol. The van der Waals surface area contributed by atoms with Crippen LogP contribution in [0.15, 0.2) is 0 Å². The molecule has 0 aliphatic heterocycles. The Morgan fingerprint density at radius 2 is 1.63 bits per heavy atom. The van der Waals surface area contributed by atoms with Gasteiger partial charge in [-0.25, -0.2) is 0 Å². The predicted molar refractivity (Wildman–Crippen MR) is 106 cm³/mol. The lowest BCUT2D eigenvalue weighted by Gasteiger charge is -2.29. The molecule has 0 aromatic carbocycles. The number of nitrogens with one attached hydrogen (secondary N) is 2. The molecule has 156 valence electrons. The van der Waals surface area contributed by atoms with Gasteiger partial charge >= 0.3 is 0 Å². The summed E-state index contributed by atoms with van der Waals surface area (Å²) in [6.07, 6.45) is 5.16. The van der Waals surface area contributed by atoms with E-state index in [2.05, 4.69) is 10.6 Å². The molecule has 0 spiro atoms. The first kappa shape index (κ1) is 23.6. The Kier molecular flexibility index (Phi) is 11.3. The third kappa shape index (κ3) is 10.5. The van der Waals surface area contributed by atoms with Gasteiger partial charge in [0.25, 0.3) is 0 Å². The largest absolute Gasteiger partial charge is 0.381 e. The molecule has 1 rings (SSSR count). The molecule has 0 heterocycles. The summed E-state index contributed by atoms with van der Waals surface area (Å²) in [5.74, 6) is 1.08. The maximum Gasteiger partial charge on any atom is 0.222 e. The molecule has 6 heteroatoms. The van der Waals surface area contributed by atoms with Crippen LogP contribution in [0.2, 0.25) is 0 Å². The summed E-state index contributed by atoms with van der Waals surface area (Å²) in [5.41, 5.74) is 0. The van der Waals surface area contributed by atoms with Gasteiger partial charge in [-0.15, -0.1) is 0 Å². The molecule has 1 aliphatic carbocycles. The van der Waals surface area contributed by atoms with Gasteiger partial charge in [-0.1, -0.05) is 27.7 Å². The number of amides is 2. The maximum absolute atomic E-state index is 12.0. The zero-order chi connectivity index (χ0) is 20.2. The number of Topliss-reactive ketones (excluding diaryl/α,β-unsaturated/α-hetero) is 1. The third-order valence-corrected chi connectivity index (χ3v) is 4.92. The van der Waals surface area contributed by atoms with E-state index in [1.54, 1.807) is 0 Å². The van der Waals surface area contributed by atoms with E-state index >= 15 is 0 Å². The molecule has 2 amide bonds. The molecule has 0 atom stereocenters. The summed E-state index contributed by atoms with van der Waals surface area (Å²) in [4.78, 5) is 35.5. The van der Waals surface area contributed by atoms with Crippen molar-refractivity contribution in [1.82, 2.24) is 10.6 Å². The van der Waals surface area contributed by atoms with Crippen LogP contribution in [0.1, 0.15) is 72.6 Å². The smallest absolute Gasteiger partial charge is 0.222 e. The van der Waals surface area contributed by atoms with Crippen molar-refractivity contribution in [2.24, 2.45) is 17.8 Å². The van der Waals surface area contributed by atoms with Crippen LogP contribution in [-0.4, -0.2) is 43.4 Å². The Morgan fingerprint density at radius 1 is 0.963 bits per heavy atom. The van der Waals surface area contributed by atoms with E-state index in [1.165, 1.54) is 0 Å². The predicted octanol–water partition coefficient (Wildman–Crippen LogP) is 2.85. The fourth-order valence-electron chi connectivity index (χ4n) is 3.41. The SMILES string of the molecule is CC(C)CC(=O)NCCCOCCC(=O)NC1CCC(C(=O)C(C)C)CC1. The molecule has 0 unspecified atom stereocenters. The van der Waals surface area contributed by atoms with E-state index in [9.17, 15) is 14.4 Å². The number of hydrogen-bond donors (Lipinski definition) is 2. The first-order chi connectivity index (χ1) is 12.8. The Balaban J connectivity index is 2.02. The molecule has 6 nitrogen and oxygen atoms in total. The lowest BCUT2D eigenvalue weighted by Crippen LogP contribution is -2.39. The average Bonchev–Trinajstić information content (AvgIpc) is 2.60. The molecule has 0 aromatic heterocycles. The fraction of sp³-hybridized carbons (Fsp3) is 0.857. The van der Waals surface area contributed by atoms with Crippen LogP contribution in [0.25, 0.3) is 0 Å². The Hall–Kier alpha value is -1.43. The van der Waals surface area contributed by atoms with Crippen molar-refractivity contribution in [2.75, 3.05) is 19.8 Å².